The van der Waals surface area contributed by atoms with Crippen molar-refractivity contribution in [3.8, 4) is 0 Å². The third-order valence-corrected chi connectivity index (χ3v) is 4.40. The zero-order chi connectivity index (χ0) is 18.0. The molecule has 0 aromatic carbocycles. The van der Waals surface area contributed by atoms with E-state index in [9.17, 15) is 9.59 Å². The van der Waals surface area contributed by atoms with Crippen molar-refractivity contribution < 1.29 is 19.4 Å². The molecule has 0 fully saturated rings. The van der Waals surface area contributed by atoms with Crippen molar-refractivity contribution in [1.29, 1.82) is 0 Å². The lowest BCUT2D eigenvalue weighted by atomic mass is 9.97. The van der Waals surface area contributed by atoms with Gasteiger partial charge >= 0.3 is 11.9 Å². The molecule has 4 heteroatoms. The van der Waals surface area contributed by atoms with Gasteiger partial charge in [0.05, 0.1) is 18.9 Å². The van der Waals surface area contributed by atoms with E-state index < -0.39 is 11.9 Å². The van der Waals surface area contributed by atoms with E-state index in [0.29, 0.717) is 13.0 Å². The summed E-state index contributed by atoms with van der Waals surface area (Å²) in [6.07, 6.45) is 14.2. The Morgan fingerprint density at radius 3 is 1.83 bits per heavy atom. The first kappa shape index (κ1) is 22.9. The van der Waals surface area contributed by atoms with Crippen LogP contribution in [0.2, 0.25) is 0 Å². The molecule has 0 aromatic heterocycles. The predicted molar refractivity (Wildman–Crippen MR) is 98.1 cm³/mol. The van der Waals surface area contributed by atoms with Crippen molar-refractivity contribution in [3.05, 3.63) is 0 Å². The van der Waals surface area contributed by atoms with Gasteiger partial charge in [-0.25, -0.2) is 0 Å². The SMILES string of the molecule is CCCCCCCCOC(=O)C(CCCCCCCC)CC(=O)O. The lowest BCUT2D eigenvalue weighted by Gasteiger charge is -2.14. The largest absolute Gasteiger partial charge is 0.481 e. The molecule has 0 heterocycles. The molecule has 1 atom stereocenters. The van der Waals surface area contributed by atoms with Crippen LogP contribution in [0.1, 0.15) is 104 Å². The second-order valence-corrected chi connectivity index (χ2v) is 6.79. The van der Waals surface area contributed by atoms with Crippen LogP contribution in [0.3, 0.4) is 0 Å². The van der Waals surface area contributed by atoms with E-state index in [1.807, 2.05) is 0 Å². The quantitative estimate of drug-likeness (QED) is 0.271. The summed E-state index contributed by atoms with van der Waals surface area (Å²) in [6, 6.07) is 0. The van der Waals surface area contributed by atoms with Crippen molar-refractivity contribution in [1.82, 2.24) is 0 Å². The van der Waals surface area contributed by atoms with Crippen molar-refractivity contribution in [2.24, 2.45) is 5.92 Å². The molecular formula is C20H38O4. The van der Waals surface area contributed by atoms with E-state index in [-0.39, 0.29) is 12.4 Å². The van der Waals surface area contributed by atoms with Crippen LogP contribution in [0.5, 0.6) is 0 Å². The normalized spacial score (nSPS) is 12.1. The van der Waals surface area contributed by atoms with Gasteiger partial charge in [0, 0.05) is 0 Å². The maximum absolute atomic E-state index is 12.1. The molecule has 0 saturated heterocycles. The molecule has 0 aliphatic rings. The highest BCUT2D eigenvalue weighted by atomic mass is 16.5. The van der Waals surface area contributed by atoms with Gasteiger partial charge in [-0.3, -0.25) is 9.59 Å². The summed E-state index contributed by atoms with van der Waals surface area (Å²) in [5, 5.41) is 8.99. The Morgan fingerprint density at radius 1 is 0.792 bits per heavy atom. The Kier molecular flexibility index (Phi) is 16.0. The van der Waals surface area contributed by atoms with Gasteiger partial charge in [-0.1, -0.05) is 84.5 Å². The summed E-state index contributed by atoms with van der Waals surface area (Å²) in [4.78, 5) is 23.1. The molecule has 24 heavy (non-hydrogen) atoms. The van der Waals surface area contributed by atoms with Gasteiger partial charge in [0.15, 0.2) is 0 Å². The molecule has 0 spiro atoms. The van der Waals surface area contributed by atoms with Crippen LogP contribution in [0.25, 0.3) is 0 Å². The summed E-state index contributed by atoms with van der Waals surface area (Å²) in [5.41, 5.74) is 0. The van der Waals surface area contributed by atoms with Crippen LogP contribution in [0.4, 0.5) is 0 Å². The molecule has 4 nitrogen and oxygen atoms in total. The second-order valence-electron chi connectivity index (χ2n) is 6.79. The number of carbonyl (C=O) groups excluding carboxylic acids is 1. The number of hydrogen-bond acceptors (Lipinski definition) is 3. The number of esters is 1. The topological polar surface area (TPSA) is 63.6 Å². The van der Waals surface area contributed by atoms with Crippen molar-refractivity contribution >= 4 is 11.9 Å². The molecule has 0 aromatic rings. The molecule has 0 aliphatic heterocycles. The van der Waals surface area contributed by atoms with Crippen LogP contribution in [0, 0.1) is 5.92 Å². The molecule has 0 bridgehead atoms. The first-order valence-electron chi connectivity index (χ1n) is 10.00. The van der Waals surface area contributed by atoms with Gasteiger partial charge in [0.2, 0.25) is 0 Å². The van der Waals surface area contributed by atoms with E-state index in [1.54, 1.807) is 0 Å². The third kappa shape index (κ3) is 14.5. The molecule has 1 N–H and O–H groups in total. The summed E-state index contributed by atoms with van der Waals surface area (Å²) in [5.74, 6) is -1.71. The highest BCUT2D eigenvalue weighted by molar-refractivity contribution is 5.79. The third-order valence-electron chi connectivity index (χ3n) is 4.40. The lowest BCUT2D eigenvalue weighted by molar-refractivity contribution is -0.153. The Bertz CT molecular complexity index is 315. The molecule has 0 amide bonds. The zero-order valence-electron chi connectivity index (χ0n) is 15.9. The summed E-state index contributed by atoms with van der Waals surface area (Å²) in [6.45, 7) is 4.80. The Hall–Kier alpha value is -1.06. The summed E-state index contributed by atoms with van der Waals surface area (Å²) in [7, 11) is 0. The zero-order valence-corrected chi connectivity index (χ0v) is 15.9. The first-order chi connectivity index (χ1) is 11.6. The molecule has 0 aliphatic carbocycles. The first-order valence-corrected chi connectivity index (χ1v) is 10.00. The molecule has 1 unspecified atom stereocenters. The van der Waals surface area contributed by atoms with E-state index in [0.717, 1.165) is 25.7 Å². The smallest absolute Gasteiger partial charge is 0.309 e. The number of ether oxygens (including phenoxy) is 1. The number of hydrogen-bond donors (Lipinski definition) is 1. The number of carbonyl (C=O) groups is 2. The molecule has 0 rings (SSSR count). The van der Waals surface area contributed by atoms with Gasteiger partial charge in [-0.15, -0.1) is 0 Å². The van der Waals surface area contributed by atoms with Crippen LogP contribution in [-0.4, -0.2) is 23.7 Å². The van der Waals surface area contributed by atoms with Crippen LogP contribution in [-0.2, 0) is 14.3 Å². The van der Waals surface area contributed by atoms with E-state index in [1.165, 1.54) is 51.4 Å². The van der Waals surface area contributed by atoms with Crippen molar-refractivity contribution in [3.63, 3.8) is 0 Å². The number of aliphatic carboxylic acids is 1. The standard InChI is InChI=1S/C20H38O4/c1-3-5-7-9-11-13-15-18(17-19(21)22)20(23)24-16-14-12-10-8-6-4-2/h18H,3-17H2,1-2H3,(H,21,22). The number of carboxylic acids is 1. The van der Waals surface area contributed by atoms with Crippen molar-refractivity contribution in [2.45, 2.75) is 104 Å². The fraction of sp³-hybridized carbons (Fsp3) is 0.900. The summed E-state index contributed by atoms with van der Waals surface area (Å²) >= 11 is 0. The minimum atomic E-state index is -0.914. The fourth-order valence-corrected chi connectivity index (χ4v) is 2.86. The van der Waals surface area contributed by atoms with Gasteiger partial charge in [0.1, 0.15) is 0 Å². The molecule has 142 valence electrons. The number of unbranched alkanes of at least 4 members (excludes halogenated alkanes) is 10. The molecule has 0 saturated carbocycles. The maximum atomic E-state index is 12.1. The Morgan fingerprint density at radius 2 is 1.29 bits per heavy atom. The van der Waals surface area contributed by atoms with Gasteiger partial charge in [-0.05, 0) is 12.8 Å². The van der Waals surface area contributed by atoms with E-state index in [4.69, 9.17) is 9.84 Å². The van der Waals surface area contributed by atoms with Gasteiger partial charge < -0.3 is 9.84 Å². The molecule has 0 radical (unpaired) electrons. The lowest BCUT2D eigenvalue weighted by Crippen LogP contribution is -2.21. The summed E-state index contributed by atoms with van der Waals surface area (Å²) < 4.78 is 5.30. The highest BCUT2D eigenvalue weighted by Crippen LogP contribution is 2.17. The minimum Gasteiger partial charge on any atom is -0.481 e. The van der Waals surface area contributed by atoms with Gasteiger partial charge in [0.25, 0.3) is 0 Å². The van der Waals surface area contributed by atoms with Crippen molar-refractivity contribution in [2.75, 3.05) is 6.61 Å². The highest BCUT2D eigenvalue weighted by Gasteiger charge is 2.22. The average molecular weight is 343 g/mol. The Labute approximate surface area is 148 Å². The molecular weight excluding hydrogens is 304 g/mol. The van der Waals surface area contributed by atoms with E-state index >= 15 is 0 Å². The Balaban J connectivity index is 3.88. The number of carboxylic acid groups (broad SMARTS) is 1. The van der Waals surface area contributed by atoms with Crippen LogP contribution in [0.15, 0.2) is 0 Å². The minimum absolute atomic E-state index is 0.107. The fourth-order valence-electron chi connectivity index (χ4n) is 2.86. The van der Waals surface area contributed by atoms with Gasteiger partial charge in [-0.2, -0.15) is 0 Å². The van der Waals surface area contributed by atoms with E-state index in [2.05, 4.69) is 13.8 Å². The second kappa shape index (κ2) is 16.8. The maximum Gasteiger partial charge on any atom is 0.309 e. The predicted octanol–water partition coefficient (Wildman–Crippen LogP) is 5.73. The monoisotopic (exact) mass is 342 g/mol. The van der Waals surface area contributed by atoms with Crippen LogP contribution < -0.4 is 0 Å². The average Bonchev–Trinajstić information content (AvgIpc) is 2.55. The number of rotatable bonds is 17. The van der Waals surface area contributed by atoms with Crippen LogP contribution >= 0.6 is 0 Å².